The summed E-state index contributed by atoms with van der Waals surface area (Å²) in [6, 6.07) is 6.70. The maximum atomic E-state index is 11.5. The van der Waals surface area contributed by atoms with E-state index in [1.807, 2.05) is 0 Å². The summed E-state index contributed by atoms with van der Waals surface area (Å²) in [6.07, 6.45) is 0. The number of carboxylic acid groups (broad SMARTS) is 2. The second-order valence-corrected chi connectivity index (χ2v) is 4.56. The van der Waals surface area contributed by atoms with Gasteiger partial charge in [0.15, 0.2) is 0 Å². The second kappa shape index (κ2) is 6.12. The summed E-state index contributed by atoms with van der Waals surface area (Å²) in [6.45, 7) is 0. The normalized spacial score (nSPS) is 10.2. The van der Waals surface area contributed by atoms with E-state index >= 15 is 0 Å². The average Bonchev–Trinajstić information content (AvgIpc) is 2.53. The molecule has 0 amide bonds. The summed E-state index contributed by atoms with van der Waals surface area (Å²) in [5, 5.41) is 40.1. The molecule has 0 saturated carbocycles. The van der Waals surface area contributed by atoms with E-state index in [2.05, 4.69) is 0 Å². The number of carboxylic acids is 2. The number of aromatic carboxylic acids is 2. The molecule has 122 valence electrons. The molecule has 2 rings (SSSR count). The van der Waals surface area contributed by atoms with E-state index in [1.165, 1.54) is 12.1 Å². The van der Waals surface area contributed by atoms with E-state index in [1.54, 1.807) is 0 Å². The summed E-state index contributed by atoms with van der Waals surface area (Å²) in [5.74, 6) is -3.32. The molecule has 0 aliphatic heterocycles. The number of nitro groups is 2. The molecule has 2 aromatic rings. The van der Waals surface area contributed by atoms with Crippen molar-refractivity contribution in [3.63, 3.8) is 0 Å². The average molecular weight is 332 g/mol. The Balaban J connectivity index is 2.77. The predicted molar refractivity (Wildman–Crippen MR) is 79.1 cm³/mol. The maximum Gasteiger partial charge on any atom is 0.343 e. The number of carbonyl (C=O) groups is 2. The fourth-order valence-corrected chi connectivity index (χ4v) is 2.17. The van der Waals surface area contributed by atoms with Gasteiger partial charge in [-0.1, -0.05) is 6.07 Å². The van der Waals surface area contributed by atoms with E-state index in [0.717, 1.165) is 24.3 Å². The summed E-state index contributed by atoms with van der Waals surface area (Å²) in [5.41, 5.74) is -2.80. The van der Waals surface area contributed by atoms with Crippen molar-refractivity contribution < 1.29 is 29.6 Å². The van der Waals surface area contributed by atoms with Crippen LogP contribution in [0.4, 0.5) is 11.4 Å². The minimum atomic E-state index is -1.68. The number of rotatable bonds is 5. The minimum Gasteiger partial charge on any atom is -0.477 e. The Morgan fingerprint density at radius 3 is 1.83 bits per heavy atom. The van der Waals surface area contributed by atoms with Gasteiger partial charge in [0.2, 0.25) is 0 Å². The Bertz CT molecular complexity index is 873. The summed E-state index contributed by atoms with van der Waals surface area (Å²) in [4.78, 5) is 42.6. The van der Waals surface area contributed by atoms with Crippen molar-refractivity contribution >= 4 is 23.3 Å². The van der Waals surface area contributed by atoms with Crippen LogP contribution in [-0.4, -0.2) is 32.0 Å². The number of hydrogen-bond acceptors (Lipinski definition) is 6. The Kier molecular flexibility index (Phi) is 4.22. The second-order valence-electron chi connectivity index (χ2n) is 4.56. The number of nitro benzene ring substituents is 2. The van der Waals surface area contributed by atoms with Gasteiger partial charge < -0.3 is 10.2 Å². The molecule has 0 aromatic heterocycles. The number of benzene rings is 2. The highest BCUT2D eigenvalue weighted by Gasteiger charge is 2.31. The highest BCUT2D eigenvalue weighted by atomic mass is 16.6. The van der Waals surface area contributed by atoms with Gasteiger partial charge in [0.05, 0.1) is 9.85 Å². The third kappa shape index (κ3) is 2.88. The molecule has 24 heavy (non-hydrogen) atoms. The van der Waals surface area contributed by atoms with Crippen LogP contribution in [0, 0.1) is 20.2 Å². The summed E-state index contributed by atoms with van der Waals surface area (Å²) < 4.78 is 0. The third-order valence-electron chi connectivity index (χ3n) is 3.19. The SMILES string of the molecule is O=C(O)c1ccc(-c2ccc([N+](=O)[O-])cc2)c(C(=O)O)c1[N+](=O)[O-]. The van der Waals surface area contributed by atoms with E-state index in [-0.39, 0.29) is 16.8 Å². The zero-order chi connectivity index (χ0) is 18.0. The fraction of sp³-hybridized carbons (Fsp3) is 0. The molecule has 10 heteroatoms. The summed E-state index contributed by atoms with van der Waals surface area (Å²) in [7, 11) is 0. The predicted octanol–water partition coefficient (Wildman–Crippen LogP) is 2.57. The Hall–Kier alpha value is -3.82. The number of hydrogen-bond donors (Lipinski definition) is 2. The Labute approximate surface area is 132 Å². The van der Waals surface area contributed by atoms with Gasteiger partial charge in [-0.2, -0.15) is 0 Å². The molecular formula is C14H8N2O8. The smallest absolute Gasteiger partial charge is 0.343 e. The van der Waals surface area contributed by atoms with E-state index in [9.17, 15) is 34.9 Å². The lowest BCUT2D eigenvalue weighted by Crippen LogP contribution is -2.11. The molecule has 2 N–H and O–H groups in total. The van der Waals surface area contributed by atoms with Gasteiger partial charge in [-0.05, 0) is 23.8 Å². The van der Waals surface area contributed by atoms with E-state index in [0.29, 0.717) is 0 Å². The van der Waals surface area contributed by atoms with Crippen molar-refractivity contribution in [1.29, 1.82) is 0 Å². The van der Waals surface area contributed by atoms with Gasteiger partial charge in [-0.25, -0.2) is 9.59 Å². The molecule has 2 aromatic carbocycles. The van der Waals surface area contributed by atoms with Gasteiger partial charge >= 0.3 is 11.9 Å². The van der Waals surface area contributed by atoms with Gasteiger partial charge in [0, 0.05) is 17.7 Å². The number of nitrogens with zero attached hydrogens (tertiary/aromatic N) is 2. The largest absolute Gasteiger partial charge is 0.477 e. The van der Waals surface area contributed by atoms with Crippen LogP contribution in [0.3, 0.4) is 0 Å². The maximum absolute atomic E-state index is 11.5. The Morgan fingerprint density at radius 2 is 1.42 bits per heavy atom. The van der Waals surface area contributed by atoms with Crippen LogP contribution in [0.2, 0.25) is 0 Å². The van der Waals surface area contributed by atoms with Gasteiger partial charge in [0.1, 0.15) is 11.1 Å². The highest BCUT2D eigenvalue weighted by Crippen LogP contribution is 2.34. The molecule has 10 nitrogen and oxygen atoms in total. The molecule has 0 aliphatic rings. The highest BCUT2D eigenvalue weighted by molar-refractivity contribution is 6.06. The molecule has 0 aliphatic carbocycles. The standard InChI is InChI=1S/C14H8N2O8/c17-13(18)10-6-5-9(11(14(19)20)12(10)16(23)24)7-1-3-8(4-2-7)15(21)22/h1-6H,(H,17,18)(H,19,20). The van der Waals surface area contributed by atoms with Crippen LogP contribution in [-0.2, 0) is 0 Å². The molecule has 0 spiro atoms. The van der Waals surface area contributed by atoms with E-state index < -0.39 is 38.6 Å². The van der Waals surface area contributed by atoms with Crippen LogP contribution < -0.4 is 0 Å². The van der Waals surface area contributed by atoms with Crippen LogP contribution >= 0.6 is 0 Å². The zero-order valence-corrected chi connectivity index (χ0v) is 11.7. The first-order valence-corrected chi connectivity index (χ1v) is 6.27. The lowest BCUT2D eigenvalue weighted by molar-refractivity contribution is -0.385. The lowest BCUT2D eigenvalue weighted by atomic mass is 9.95. The molecule has 0 saturated heterocycles. The lowest BCUT2D eigenvalue weighted by Gasteiger charge is -2.09. The van der Waals surface area contributed by atoms with Crippen LogP contribution in [0.1, 0.15) is 20.7 Å². The van der Waals surface area contributed by atoms with Crippen molar-refractivity contribution in [2.45, 2.75) is 0 Å². The first-order valence-electron chi connectivity index (χ1n) is 6.27. The molecule has 0 atom stereocenters. The molecule has 0 unspecified atom stereocenters. The van der Waals surface area contributed by atoms with E-state index in [4.69, 9.17) is 5.11 Å². The monoisotopic (exact) mass is 332 g/mol. The van der Waals surface area contributed by atoms with Gasteiger partial charge in [0.25, 0.3) is 11.4 Å². The van der Waals surface area contributed by atoms with Crippen LogP contribution in [0.25, 0.3) is 11.1 Å². The first-order chi connectivity index (χ1) is 11.2. The quantitative estimate of drug-likeness (QED) is 0.623. The van der Waals surface area contributed by atoms with Crippen molar-refractivity contribution in [2.24, 2.45) is 0 Å². The van der Waals surface area contributed by atoms with Crippen LogP contribution in [0.5, 0.6) is 0 Å². The summed E-state index contributed by atoms with van der Waals surface area (Å²) >= 11 is 0. The first kappa shape index (κ1) is 16.5. The van der Waals surface area contributed by atoms with Crippen molar-refractivity contribution in [2.75, 3.05) is 0 Å². The molecule has 0 radical (unpaired) electrons. The fourth-order valence-electron chi connectivity index (χ4n) is 2.17. The van der Waals surface area contributed by atoms with Crippen molar-refractivity contribution in [3.05, 3.63) is 67.8 Å². The zero-order valence-electron chi connectivity index (χ0n) is 11.7. The van der Waals surface area contributed by atoms with Crippen molar-refractivity contribution in [1.82, 2.24) is 0 Å². The van der Waals surface area contributed by atoms with Crippen molar-refractivity contribution in [3.8, 4) is 11.1 Å². The minimum absolute atomic E-state index is 0.117. The molecule has 0 fully saturated rings. The molecular weight excluding hydrogens is 324 g/mol. The molecule has 0 bridgehead atoms. The molecule has 0 heterocycles. The third-order valence-corrected chi connectivity index (χ3v) is 3.19. The number of non-ortho nitro benzene ring substituents is 1. The topological polar surface area (TPSA) is 161 Å². The Morgan fingerprint density at radius 1 is 0.833 bits per heavy atom. The van der Waals surface area contributed by atoms with Gasteiger partial charge in [-0.3, -0.25) is 20.2 Å². The van der Waals surface area contributed by atoms with Crippen LogP contribution in [0.15, 0.2) is 36.4 Å². The van der Waals surface area contributed by atoms with Gasteiger partial charge in [-0.15, -0.1) is 0 Å².